The summed E-state index contributed by atoms with van der Waals surface area (Å²) in [5, 5.41) is 16.2. The van der Waals surface area contributed by atoms with Crippen LogP contribution in [-0.2, 0) is 16.1 Å². The zero-order chi connectivity index (χ0) is 18.5. The lowest BCUT2D eigenvalue weighted by molar-refractivity contribution is -0.118. The number of thioether (sulfide) groups is 1. The average Bonchev–Trinajstić information content (AvgIpc) is 3.29. The minimum absolute atomic E-state index is 0.0799. The smallest absolute Gasteiger partial charge is 0.234 e. The maximum absolute atomic E-state index is 12.2. The molecule has 0 radical (unpaired) electrons. The van der Waals surface area contributed by atoms with Gasteiger partial charge in [-0.1, -0.05) is 17.8 Å². The van der Waals surface area contributed by atoms with E-state index >= 15 is 0 Å². The van der Waals surface area contributed by atoms with Crippen molar-refractivity contribution in [3.8, 4) is 11.4 Å². The maximum atomic E-state index is 12.2. The van der Waals surface area contributed by atoms with Crippen LogP contribution in [0.4, 0.5) is 0 Å². The van der Waals surface area contributed by atoms with E-state index in [0.29, 0.717) is 12.8 Å². The lowest BCUT2D eigenvalue weighted by Gasteiger charge is -2.14. The van der Waals surface area contributed by atoms with Crippen LogP contribution in [0.3, 0.4) is 0 Å². The van der Waals surface area contributed by atoms with Crippen molar-refractivity contribution in [1.82, 2.24) is 20.1 Å². The number of allylic oxidation sites excluding steroid dienone is 4. The van der Waals surface area contributed by atoms with Gasteiger partial charge in [0.25, 0.3) is 0 Å². The maximum Gasteiger partial charge on any atom is 0.234 e. The van der Waals surface area contributed by atoms with Crippen molar-refractivity contribution in [3.05, 3.63) is 40.2 Å². The van der Waals surface area contributed by atoms with Crippen LogP contribution in [0.5, 0.6) is 0 Å². The standard InChI is InChI=1S/C18H20N4O2S2/c1-3-22-17(14-8-9-25-10-14)20-21-18(22)26-11-16(24)19-15-6-4-13(5-7-15)12(2)23/h4,6,8-10H,3,5,7,11H2,1-2H3,(H,19,24). The Kier molecular flexibility index (Phi) is 6.05. The van der Waals surface area contributed by atoms with Crippen LogP contribution < -0.4 is 5.32 Å². The highest BCUT2D eigenvalue weighted by Crippen LogP contribution is 2.25. The summed E-state index contributed by atoms with van der Waals surface area (Å²) in [7, 11) is 0. The Labute approximate surface area is 160 Å². The SMILES string of the molecule is CCn1c(SCC(=O)NC2=CC=C(C(C)=O)CC2)nnc1-c1ccsc1. The van der Waals surface area contributed by atoms with Gasteiger partial charge in [0.05, 0.1) is 5.75 Å². The molecule has 1 N–H and O–H groups in total. The van der Waals surface area contributed by atoms with Gasteiger partial charge in [0.15, 0.2) is 16.8 Å². The highest BCUT2D eigenvalue weighted by atomic mass is 32.2. The van der Waals surface area contributed by atoms with Crippen LogP contribution >= 0.6 is 23.1 Å². The summed E-state index contributed by atoms with van der Waals surface area (Å²) in [4.78, 5) is 23.6. The molecular formula is C18H20N4O2S2. The Morgan fingerprint density at radius 2 is 2.15 bits per heavy atom. The van der Waals surface area contributed by atoms with Gasteiger partial charge in [-0.3, -0.25) is 9.59 Å². The van der Waals surface area contributed by atoms with Gasteiger partial charge < -0.3 is 9.88 Å². The number of ketones is 1. The van der Waals surface area contributed by atoms with Crippen LogP contribution in [0.2, 0.25) is 0 Å². The first-order valence-corrected chi connectivity index (χ1v) is 10.3. The first-order valence-electron chi connectivity index (χ1n) is 8.37. The highest BCUT2D eigenvalue weighted by molar-refractivity contribution is 7.99. The summed E-state index contributed by atoms with van der Waals surface area (Å²) in [6.07, 6.45) is 4.94. The quantitative estimate of drug-likeness (QED) is 0.736. The van der Waals surface area contributed by atoms with Gasteiger partial charge in [-0.15, -0.1) is 10.2 Å². The fourth-order valence-corrected chi connectivity index (χ4v) is 4.10. The molecule has 0 saturated heterocycles. The molecule has 2 heterocycles. The second-order valence-electron chi connectivity index (χ2n) is 5.84. The van der Waals surface area contributed by atoms with E-state index in [4.69, 9.17) is 0 Å². The number of rotatable bonds is 7. The van der Waals surface area contributed by atoms with Crippen molar-refractivity contribution in [2.75, 3.05) is 5.75 Å². The van der Waals surface area contributed by atoms with Gasteiger partial charge in [0.1, 0.15) is 0 Å². The zero-order valence-electron chi connectivity index (χ0n) is 14.7. The summed E-state index contributed by atoms with van der Waals surface area (Å²) < 4.78 is 2.02. The molecule has 0 aliphatic heterocycles. The topological polar surface area (TPSA) is 76.9 Å². The molecule has 1 aliphatic carbocycles. The van der Waals surface area contributed by atoms with Crippen LogP contribution in [0, 0.1) is 0 Å². The molecule has 0 aromatic carbocycles. The summed E-state index contributed by atoms with van der Waals surface area (Å²) in [6, 6.07) is 2.01. The molecule has 8 heteroatoms. The summed E-state index contributed by atoms with van der Waals surface area (Å²) in [5.41, 5.74) is 2.69. The van der Waals surface area contributed by atoms with Crippen molar-refractivity contribution in [2.45, 2.75) is 38.4 Å². The zero-order valence-corrected chi connectivity index (χ0v) is 16.3. The largest absolute Gasteiger partial charge is 0.329 e. The molecule has 0 fully saturated rings. The fourth-order valence-electron chi connectivity index (χ4n) is 2.67. The Hall–Kier alpha value is -2.19. The number of amides is 1. The van der Waals surface area contributed by atoms with Crippen LogP contribution in [0.1, 0.15) is 26.7 Å². The van der Waals surface area contributed by atoms with Crippen molar-refractivity contribution >= 4 is 34.8 Å². The predicted molar refractivity (Wildman–Crippen MR) is 104 cm³/mol. The number of aromatic nitrogens is 3. The molecule has 2 aromatic rings. The van der Waals surface area contributed by atoms with Gasteiger partial charge in [0.2, 0.25) is 5.91 Å². The van der Waals surface area contributed by atoms with Gasteiger partial charge in [0, 0.05) is 23.2 Å². The summed E-state index contributed by atoms with van der Waals surface area (Å²) in [6.45, 7) is 4.34. The van der Waals surface area contributed by atoms with E-state index < -0.39 is 0 Å². The third kappa shape index (κ3) is 4.31. The van der Waals surface area contributed by atoms with Crippen LogP contribution in [0.15, 0.2) is 45.4 Å². The summed E-state index contributed by atoms with van der Waals surface area (Å²) in [5.74, 6) is 1.10. The molecule has 0 spiro atoms. The molecule has 0 saturated carbocycles. The van der Waals surface area contributed by atoms with Gasteiger partial charge in [-0.05, 0) is 49.8 Å². The molecule has 1 aliphatic rings. The first-order chi connectivity index (χ1) is 12.6. The lowest BCUT2D eigenvalue weighted by Crippen LogP contribution is -2.25. The second-order valence-corrected chi connectivity index (χ2v) is 7.56. The number of carbonyl (C=O) groups excluding carboxylic acids is 2. The monoisotopic (exact) mass is 388 g/mol. The van der Waals surface area contributed by atoms with Gasteiger partial charge in [-0.2, -0.15) is 11.3 Å². The highest BCUT2D eigenvalue weighted by Gasteiger charge is 2.16. The number of thiophene rings is 1. The van der Waals surface area contributed by atoms with Crippen molar-refractivity contribution < 1.29 is 9.59 Å². The average molecular weight is 389 g/mol. The molecular weight excluding hydrogens is 368 g/mol. The van der Waals surface area contributed by atoms with E-state index in [0.717, 1.165) is 34.4 Å². The summed E-state index contributed by atoms with van der Waals surface area (Å²) >= 11 is 2.99. The molecule has 3 rings (SSSR count). The Morgan fingerprint density at radius 1 is 1.31 bits per heavy atom. The van der Waals surface area contributed by atoms with Crippen LogP contribution in [-0.4, -0.2) is 32.2 Å². The fraction of sp³-hybridized carbons (Fsp3) is 0.333. The number of hydrogen-bond acceptors (Lipinski definition) is 6. The first kappa shape index (κ1) is 18.6. The van der Waals surface area contributed by atoms with Crippen LogP contribution in [0.25, 0.3) is 11.4 Å². The number of carbonyl (C=O) groups is 2. The van der Waals surface area contributed by atoms with E-state index in [1.165, 1.54) is 11.8 Å². The predicted octanol–water partition coefficient (Wildman–Crippen LogP) is 3.43. The normalized spacial score (nSPS) is 13.9. The molecule has 26 heavy (non-hydrogen) atoms. The number of nitrogens with zero attached hydrogens (tertiary/aromatic N) is 3. The third-order valence-electron chi connectivity index (χ3n) is 4.05. The molecule has 0 bridgehead atoms. The number of Topliss-reactive ketones (excluding diaryl/α,β-unsaturated/α-hetero) is 1. The third-order valence-corrected chi connectivity index (χ3v) is 5.70. The van der Waals surface area contributed by atoms with E-state index in [2.05, 4.69) is 15.5 Å². The van der Waals surface area contributed by atoms with E-state index in [-0.39, 0.29) is 17.4 Å². The lowest BCUT2D eigenvalue weighted by atomic mass is 10.00. The molecule has 136 valence electrons. The molecule has 0 atom stereocenters. The Balaban J connectivity index is 1.60. The second kappa shape index (κ2) is 8.46. The number of nitrogens with one attached hydrogen (secondary N) is 1. The number of hydrogen-bond donors (Lipinski definition) is 1. The van der Waals surface area contributed by atoms with E-state index in [1.807, 2.05) is 34.4 Å². The Bertz CT molecular complexity index is 866. The van der Waals surface area contributed by atoms with E-state index in [1.54, 1.807) is 24.3 Å². The van der Waals surface area contributed by atoms with Crippen molar-refractivity contribution in [2.24, 2.45) is 0 Å². The minimum Gasteiger partial charge on any atom is -0.329 e. The van der Waals surface area contributed by atoms with Crippen molar-refractivity contribution in [1.29, 1.82) is 0 Å². The Morgan fingerprint density at radius 3 is 2.77 bits per heavy atom. The minimum atomic E-state index is -0.0799. The molecule has 2 aromatic heterocycles. The molecule has 1 amide bonds. The molecule has 6 nitrogen and oxygen atoms in total. The molecule has 0 unspecified atom stereocenters. The van der Waals surface area contributed by atoms with E-state index in [9.17, 15) is 9.59 Å². The van der Waals surface area contributed by atoms with Crippen molar-refractivity contribution in [3.63, 3.8) is 0 Å². The van der Waals surface area contributed by atoms with Gasteiger partial charge >= 0.3 is 0 Å². The van der Waals surface area contributed by atoms with Gasteiger partial charge in [-0.25, -0.2) is 0 Å².